The molecule has 1 unspecified atom stereocenters. The minimum atomic E-state index is 0.312. The van der Waals surface area contributed by atoms with Gasteiger partial charge in [-0.3, -0.25) is 0 Å². The van der Waals surface area contributed by atoms with Gasteiger partial charge < -0.3 is 5.32 Å². The summed E-state index contributed by atoms with van der Waals surface area (Å²) in [5.41, 5.74) is 3.69. The molecule has 1 N–H and O–H groups in total. The van der Waals surface area contributed by atoms with Crippen LogP contribution in [0.15, 0.2) is 48.4 Å². The zero-order valence-electron chi connectivity index (χ0n) is 12.2. The first-order chi connectivity index (χ1) is 10.2. The lowest BCUT2D eigenvalue weighted by Gasteiger charge is -2.16. The zero-order chi connectivity index (χ0) is 14.7. The van der Waals surface area contributed by atoms with Crippen LogP contribution in [0.2, 0.25) is 0 Å². The maximum Gasteiger partial charge on any atom is 0.137 e. The van der Waals surface area contributed by atoms with E-state index in [9.17, 15) is 0 Å². The lowest BCUT2D eigenvalue weighted by molar-refractivity contribution is 0.685. The van der Waals surface area contributed by atoms with Crippen LogP contribution in [0.5, 0.6) is 0 Å². The van der Waals surface area contributed by atoms with Crippen molar-refractivity contribution in [2.24, 2.45) is 0 Å². The molecule has 4 nitrogen and oxygen atoms in total. The third-order valence-corrected chi connectivity index (χ3v) is 4.62. The first-order valence-electron chi connectivity index (χ1n) is 6.94. The Labute approximate surface area is 128 Å². The third kappa shape index (κ3) is 3.31. The minimum absolute atomic E-state index is 0.312. The summed E-state index contributed by atoms with van der Waals surface area (Å²) in [4.78, 5) is 5.36. The van der Waals surface area contributed by atoms with E-state index in [4.69, 9.17) is 0 Å². The molecule has 0 aliphatic heterocycles. The smallest absolute Gasteiger partial charge is 0.137 e. The number of hydrogen-bond acceptors (Lipinski definition) is 4. The standard InChI is InChI=1S/C16H18N4S/c1-12-6-7-21-16(12)13(2)19-15-5-3-4-14(8-15)9-20-11-17-10-18-20/h3-8,10-11,13,19H,9H2,1-2H3. The number of nitrogens with zero attached hydrogens (tertiary/aromatic N) is 3. The second kappa shape index (κ2) is 6.10. The predicted octanol–water partition coefficient (Wildman–Crippen LogP) is 3.87. The molecule has 0 saturated heterocycles. The van der Waals surface area contributed by atoms with Crippen LogP contribution in [0, 0.1) is 6.92 Å². The lowest BCUT2D eigenvalue weighted by atomic mass is 10.1. The van der Waals surface area contributed by atoms with Gasteiger partial charge >= 0.3 is 0 Å². The molecule has 0 bridgehead atoms. The number of aryl methyl sites for hydroxylation is 1. The van der Waals surface area contributed by atoms with Gasteiger partial charge in [0.2, 0.25) is 0 Å². The molecule has 3 rings (SSSR count). The Hall–Kier alpha value is -2.14. The number of hydrogen-bond donors (Lipinski definition) is 1. The molecule has 0 amide bonds. The van der Waals surface area contributed by atoms with E-state index < -0.39 is 0 Å². The normalized spacial score (nSPS) is 12.3. The highest BCUT2D eigenvalue weighted by atomic mass is 32.1. The van der Waals surface area contributed by atoms with Crippen LogP contribution in [0.3, 0.4) is 0 Å². The maximum absolute atomic E-state index is 4.14. The van der Waals surface area contributed by atoms with Crippen molar-refractivity contribution in [3.63, 3.8) is 0 Å². The van der Waals surface area contributed by atoms with Gasteiger partial charge in [0.25, 0.3) is 0 Å². The predicted molar refractivity (Wildman–Crippen MR) is 86.7 cm³/mol. The fraction of sp³-hybridized carbons (Fsp3) is 0.250. The highest BCUT2D eigenvalue weighted by molar-refractivity contribution is 7.10. The monoisotopic (exact) mass is 298 g/mol. The van der Waals surface area contributed by atoms with Crippen molar-refractivity contribution in [2.75, 3.05) is 5.32 Å². The number of benzene rings is 1. The average Bonchev–Trinajstić information content (AvgIpc) is 3.10. The van der Waals surface area contributed by atoms with Gasteiger partial charge in [0.1, 0.15) is 12.7 Å². The summed E-state index contributed by atoms with van der Waals surface area (Å²) in [6.07, 6.45) is 3.29. The average molecular weight is 298 g/mol. The second-order valence-electron chi connectivity index (χ2n) is 5.13. The Morgan fingerprint density at radius 1 is 1.33 bits per heavy atom. The van der Waals surface area contributed by atoms with Crippen molar-refractivity contribution in [1.82, 2.24) is 14.8 Å². The molecule has 1 atom stereocenters. The van der Waals surface area contributed by atoms with Crippen LogP contribution in [0.4, 0.5) is 5.69 Å². The van der Waals surface area contributed by atoms with Crippen molar-refractivity contribution in [1.29, 1.82) is 0 Å². The van der Waals surface area contributed by atoms with E-state index in [2.05, 4.69) is 65.0 Å². The molecule has 2 heterocycles. The van der Waals surface area contributed by atoms with Crippen molar-refractivity contribution in [3.05, 3.63) is 64.4 Å². The lowest BCUT2D eigenvalue weighted by Crippen LogP contribution is -2.07. The summed E-state index contributed by atoms with van der Waals surface area (Å²) in [7, 11) is 0. The molecule has 0 radical (unpaired) electrons. The quantitative estimate of drug-likeness (QED) is 0.777. The van der Waals surface area contributed by atoms with Gasteiger partial charge in [0, 0.05) is 10.6 Å². The molecule has 108 valence electrons. The van der Waals surface area contributed by atoms with Gasteiger partial charge in [-0.05, 0) is 48.6 Å². The summed E-state index contributed by atoms with van der Waals surface area (Å²) < 4.78 is 1.83. The second-order valence-corrected chi connectivity index (χ2v) is 6.08. The molecule has 2 aromatic heterocycles. The van der Waals surface area contributed by atoms with Crippen LogP contribution in [-0.4, -0.2) is 14.8 Å². The Morgan fingerprint density at radius 2 is 2.24 bits per heavy atom. The Bertz CT molecular complexity index is 703. The number of rotatable bonds is 5. The van der Waals surface area contributed by atoms with Gasteiger partial charge in [0.05, 0.1) is 12.6 Å². The van der Waals surface area contributed by atoms with Crippen LogP contribution >= 0.6 is 11.3 Å². The largest absolute Gasteiger partial charge is 0.378 e. The van der Waals surface area contributed by atoms with Crippen molar-refractivity contribution in [3.8, 4) is 0 Å². The van der Waals surface area contributed by atoms with Crippen LogP contribution in [0.1, 0.15) is 29.0 Å². The van der Waals surface area contributed by atoms with Gasteiger partial charge in [-0.15, -0.1) is 11.3 Å². The highest BCUT2D eigenvalue weighted by Crippen LogP contribution is 2.27. The first kappa shape index (κ1) is 13.8. The fourth-order valence-corrected chi connectivity index (χ4v) is 3.34. The topological polar surface area (TPSA) is 42.7 Å². The Balaban J connectivity index is 1.72. The third-order valence-electron chi connectivity index (χ3n) is 3.42. The SMILES string of the molecule is Cc1ccsc1C(C)Nc1cccc(Cn2cncn2)c1. The van der Waals surface area contributed by atoms with E-state index in [1.807, 2.05) is 4.68 Å². The molecule has 3 aromatic rings. The van der Waals surface area contributed by atoms with Crippen LogP contribution in [0.25, 0.3) is 0 Å². The van der Waals surface area contributed by atoms with Crippen LogP contribution < -0.4 is 5.32 Å². The van der Waals surface area contributed by atoms with E-state index >= 15 is 0 Å². The van der Waals surface area contributed by atoms with E-state index in [0.717, 1.165) is 12.2 Å². The fourth-order valence-electron chi connectivity index (χ4n) is 2.40. The molecule has 0 aliphatic rings. The summed E-state index contributed by atoms with van der Waals surface area (Å²) in [5.74, 6) is 0. The van der Waals surface area contributed by atoms with Crippen molar-refractivity contribution in [2.45, 2.75) is 26.4 Å². The summed E-state index contributed by atoms with van der Waals surface area (Å²) in [6, 6.07) is 10.9. The molecule has 0 spiro atoms. The number of anilines is 1. The first-order valence-corrected chi connectivity index (χ1v) is 7.82. The molecule has 21 heavy (non-hydrogen) atoms. The van der Waals surface area contributed by atoms with E-state index in [0.29, 0.717) is 6.04 Å². The van der Waals surface area contributed by atoms with E-state index in [-0.39, 0.29) is 0 Å². The number of aromatic nitrogens is 3. The molecular weight excluding hydrogens is 280 g/mol. The zero-order valence-corrected chi connectivity index (χ0v) is 13.0. The molecule has 0 fully saturated rings. The van der Waals surface area contributed by atoms with Crippen molar-refractivity contribution < 1.29 is 0 Å². The van der Waals surface area contributed by atoms with E-state index in [1.54, 1.807) is 24.0 Å². The summed E-state index contributed by atoms with van der Waals surface area (Å²) in [5, 5.41) is 9.85. The Morgan fingerprint density at radius 3 is 2.95 bits per heavy atom. The highest BCUT2D eigenvalue weighted by Gasteiger charge is 2.09. The molecule has 0 aliphatic carbocycles. The van der Waals surface area contributed by atoms with Gasteiger partial charge in [-0.1, -0.05) is 12.1 Å². The van der Waals surface area contributed by atoms with E-state index in [1.165, 1.54) is 16.0 Å². The molecule has 0 saturated carbocycles. The summed E-state index contributed by atoms with van der Waals surface area (Å²) in [6.45, 7) is 5.09. The number of thiophene rings is 1. The minimum Gasteiger partial charge on any atom is -0.378 e. The summed E-state index contributed by atoms with van der Waals surface area (Å²) >= 11 is 1.80. The van der Waals surface area contributed by atoms with Gasteiger partial charge in [0.15, 0.2) is 0 Å². The maximum atomic E-state index is 4.14. The molecular formula is C16H18N4S. The van der Waals surface area contributed by atoms with Crippen LogP contribution in [-0.2, 0) is 6.54 Å². The van der Waals surface area contributed by atoms with Gasteiger partial charge in [-0.25, -0.2) is 9.67 Å². The van der Waals surface area contributed by atoms with Crippen molar-refractivity contribution >= 4 is 17.0 Å². The van der Waals surface area contributed by atoms with Gasteiger partial charge in [-0.2, -0.15) is 5.10 Å². The number of nitrogens with one attached hydrogen (secondary N) is 1. The molecule has 1 aromatic carbocycles. The Kier molecular flexibility index (Phi) is 4.01. The molecule has 5 heteroatoms.